The molecule has 3 nitrogen and oxygen atoms in total. The Bertz CT molecular complexity index is 88.6. The molecule has 0 aliphatic rings. The van der Waals surface area contributed by atoms with Crippen molar-refractivity contribution in [3.8, 4) is 0 Å². The Kier molecular flexibility index (Phi) is 7.40. The molecular weight excluding hydrogens is 348 g/mol. The Morgan fingerprint density at radius 2 is 2.33 bits per heavy atom. The van der Waals surface area contributed by atoms with Gasteiger partial charge in [0.25, 0.3) is 0 Å². The lowest BCUT2D eigenvalue weighted by molar-refractivity contribution is 0.155. The molecule has 54 valence electrons. The maximum atomic E-state index is 10.3. The van der Waals surface area contributed by atoms with Gasteiger partial charge in [-0.15, -0.1) is 0 Å². The van der Waals surface area contributed by atoms with E-state index in [1.165, 1.54) is 0 Å². The van der Waals surface area contributed by atoms with Crippen LogP contribution in [0, 0.1) is 0 Å². The first-order valence-corrected chi connectivity index (χ1v) is 5.01. The fourth-order valence-corrected chi connectivity index (χ4v) is 0.714. The Morgan fingerprint density at radius 1 is 1.67 bits per heavy atom. The Hall–Kier alpha value is 0.730. The largest absolute Gasteiger partial charge is 0.449 e. The molecule has 0 unspecified atom stereocenters. The highest BCUT2D eigenvalue weighted by Crippen LogP contribution is 1.90. The second kappa shape index (κ2) is 6.84. The average molecular weight is 355 g/mol. The first-order valence-electron chi connectivity index (χ1n) is 2.40. The highest BCUT2D eigenvalue weighted by molar-refractivity contribution is 14.1. The van der Waals surface area contributed by atoms with E-state index < -0.39 is 0 Å². The van der Waals surface area contributed by atoms with Crippen molar-refractivity contribution in [2.45, 2.75) is 6.42 Å². The Morgan fingerprint density at radius 3 is 2.78 bits per heavy atom. The molecule has 0 aromatic heterocycles. The van der Waals surface area contributed by atoms with Crippen molar-refractivity contribution in [2.24, 2.45) is 0 Å². The van der Waals surface area contributed by atoms with Gasteiger partial charge in [-0.3, -0.25) is 3.53 Å². The van der Waals surface area contributed by atoms with Crippen LogP contribution < -0.4 is 3.53 Å². The number of alkyl halides is 1. The van der Waals surface area contributed by atoms with Gasteiger partial charge in [0.1, 0.15) is 0 Å². The lowest BCUT2D eigenvalue weighted by atomic mass is 10.5. The van der Waals surface area contributed by atoms with Crippen LogP contribution in [0.2, 0.25) is 0 Å². The van der Waals surface area contributed by atoms with Crippen molar-refractivity contribution in [3.05, 3.63) is 0 Å². The summed E-state index contributed by atoms with van der Waals surface area (Å²) in [5, 5.41) is 0. The number of rotatable bonds is 3. The summed E-state index contributed by atoms with van der Waals surface area (Å²) in [5.41, 5.74) is 0. The van der Waals surface area contributed by atoms with E-state index in [1.807, 2.05) is 0 Å². The SMILES string of the molecule is O=C(NI)OCCCI. The predicted octanol–water partition coefficient (Wildman–Crippen LogP) is 1.89. The van der Waals surface area contributed by atoms with E-state index in [1.54, 1.807) is 22.9 Å². The highest BCUT2D eigenvalue weighted by Gasteiger charge is 1.94. The monoisotopic (exact) mass is 355 g/mol. The van der Waals surface area contributed by atoms with E-state index in [-0.39, 0.29) is 6.09 Å². The van der Waals surface area contributed by atoms with Crippen molar-refractivity contribution in [1.29, 1.82) is 0 Å². The maximum absolute atomic E-state index is 10.3. The molecule has 0 aliphatic carbocycles. The number of carbonyl (C=O) groups is 1. The molecule has 0 fully saturated rings. The van der Waals surface area contributed by atoms with E-state index >= 15 is 0 Å². The number of nitrogens with one attached hydrogen (secondary N) is 1. The molecule has 0 spiro atoms. The zero-order valence-electron chi connectivity index (χ0n) is 4.69. The van der Waals surface area contributed by atoms with Gasteiger partial charge < -0.3 is 4.74 Å². The molecule has 0 aromatic carbocycles. The number of amides is 1. The van der Waals surface area contributed by atoms with Crippen molar-refractivity contribution >= 4 is 51.5 Å². The van der Waals surface area contributed by atoms with Crippen LogP contribution in [0.1, 0.15) is 6.42 Å². The molecule has 0 rings (SSSR count). The van der Waals surface area contributed by atoms with Gasteiger partial charge in [0.2, 0.25) is 0 Å². The summed E-state index contributed by atoms with van der Waals surface area (Å²) in [5.74, 6) is 0. The summed E-state index contributed by atoms with van der Waals surface area (Å²) in [6.07, 6.45) is 0.561. The van der Waals surface area contributed by atoms with Crippen molar-refractivity contribution in [1.82, 2.24) is 3.53 Å². The van der Waals surface area contributed by atoms with Gasteiger partial charge in [-0.25, -0.2) is 4.79 Å². The first-order chi connectivity index (χ1) is 4.31. The van der Waals surface area contributed by atoms with Gasteiger partial charge >= 0.3 is 6.09 Å². The van der Waals surface area contributed by atoms with E-state index in [0.717, 1.165) is 10.8 Å². The molecule has 0 saturated heterocycles. The lowest BCUT2D eigenvalue weighted by Gasteiger charge is -1.98. The third-order valence-electron chi connectivity index (χ3n) is 0.588. The molecule has 0 saturated carbocycles. The summed E-state index contributed by atoms with van der Waals surface area (Å²) in [4.78, 5) is 10.3. The molecule has 0 aliphatic heterocycles. The standard InChI is InChI=1S/C4H7I2NO2/c5-2-1-3-9-4(8)7-6/h1-3H2,(H,7,8). The van der Waals surface area contributed by atoms with Crippen LogP contribution in [0.4, 0.5) is 4.79 Å². The molecule has 5 heteroatoms. The summed E-state index contributed by atoms with van der Waals surface area (Å²) in [6, 6.07) is 0. The van der Waals surface area contributed by atoms with Crippen LogP contribution in [0.5, 0.6) is 0 Å². The van der Waals surface area contributed by atoms with Crippen LogP contribution in [-0.4, -0.2) is 17.1 Å². The Balaban J connectivity index is 2.97. The number of hydrogen-bond donors (Lipinski definition) is 1. The fraction of sp³-hybridized carbons (Fsp3) is 0.750. The number of halogens is 2. The molecule has 1 N–H and O–H groups in total. The summed E-state index contributed by atoms with van der Waals surface area (Å²) >= 11 is 3.97. The second-order valence-electron chi connectivity index (χ2n) is 1.27. The van der Waals surface area contributed by atoms with Crippen molar-refractivity contribution in [2.75, 3.05) is 11.0 Å². The summed E-state index contributed by atoms with van der Waals surface area (Å²) in [6.45, 7) is 0.512. The van der Waals surface area contributed by atoms with Gasteiger partial charge in [0.05, 0.1) is 29.5 Å². The lowest BCUT2D eigenvalue weighted by Crippen LogP contribution is -2.14. The zero-order valence-corrected chi connectivity index (χ0v) is 9.01. The second-order valence-corrected chi connectivity index (χ2v) is 2.89. The van der Waals surface area contributed by atoms with Gasteiger partial charge in [-0.2, -0.15) is 0 Å². The van der Waals surface area contributed by atoms with Gasteiger partial charge in [0, 0.05) is 4.43 Å². The minimum Gasteiger partial charge on any atom is -0.449 e. The third-order valence-corrected chi connectivity index (χ3v) is 1.79. The quantitative estimate of drug-likeness (QED) is 0.364. The van der Waals surface area contributed by atoms with Crippen molar-refractivity contribution in [3.63, 3.8) is 0 Å². The number of ether oxygens (including phenoxy) is 1. The summed E-state index contributed by atoms with van der Waals surface area (Å²) < 4.78 is 8.02. The van der Waals surface area contributed by atoms with E-state index in [4.69, 9.17) is 0 Å². The predicted molar refractivity (Wildman–Crippen MR) is 52.0 cm³/mol. The van der Waals surface area contributed by atoms with Gasteiger partial charge in [0.15, 0.2) is 0 Å². The Labute approximate surface area is 81.5 Å². The molecular formula is C4H7I2NO2. The van der Waals surface area contributed by atoms with E-state index in [2.05, 4.69) is 30.9 Å². The van der Waals surface area contributed by atoms with Crippen LogP contribution >= 0.6 is 45.5 Å². The molecule has 1 amide bonds. The van der Waals surface area contributed by atoms with Gasteiger partial charge in [-0.05, 0) is 6.42 Å². The van der Waals surface area contributed by atoms with Crippen LogP contribution in [0.25, 0.3) is 0 Å². The molecule has 9 heavy (non-hydrogen) atoms. The van der Waals surface area contributed by atoms with Crippen LogP contribution in [0.3, 0.4) is 0 Å². The molecule has 0 heterocycles. The van der Waals surface area contributed by atoms with Crippen LogP contribution in [-0.2, 0) is 4.74 Å². The number of hydrogen-bond acceptors (Lipinski definition) is 2. The molecule has 0 bridgehead atoms. The molecule has 0 radical (unpaired) electrons. The number of carbonyl (C=O) groups excluding carboxylic acids is 1. The average Bonchev–Trinajstić information content (AvgIpc) is 1.89. The summed E-state index contributed by atoms with van der Waals surface area (Å²) in [7, 11) is 0. The zero-order chi connectivity index (χ0) is 7.11. The van der Waals surface area contributed by atoms with Crippen LogP contribution in [0.15, 0.2) is 0 Å². The third kappa shape index (κ3) is 6.62. The minimum absolute atomic E-state index is 0.361. The van der Waals surface area contributed by atoms with Crippen molar-refractivity contribution < 1.29 is 9.53 Å². The van der Waals surface area contributed by atoms with E-state index in [9.17, 15) is 4.79 Å². The topological polar surface area (TPSA) is 38.3 Å². The normalized spacial score (nSPS) is 8.67. The smallest absolute Gasteiger partial charge is 0.415 e. The highest BCUT2D eigenvalue weighted by atomic mass is 127. The fourth-order valence-electron chi connectivity index (χ4n) is 0.247. The molecule has 0 aromatic rings. The maximum Gasteiger partial charge on any atom is 0.415 e. The minimum atomic E-state index is -0.361. The molecule has 0 atom stereocenters. The first kappa shape index (κ1) is 9.73. The van der Waals surface area contributed by atoms with E-state index in [0.29, 0.717) is 6.61 Å². The van der Waals surface area contributed by atoms with Gasteiger partial charge in [-0.1, -0.05) is 22.6 Å².